The number of amides is 2. The van der Waals surface area contributed by atoms with Crippen molar-refractivity contribution >= 4 is 22.5 Å². The molecule has 5 heteroatoms. The molecule has 0 spiro atoms. The molecule has 0 fully saturated rings. The van der Waals surface area contributed by atoms with Crippen LogP contribution in [0.4, 0.5) is 10.5 Å². The number of hydrogen-bond acceptors (Lipinski definition) is 2. The predicted octanol–water partition coefficient (Wildman–Crippen LogP) is 3.06. The van der Waals surface area contributed by atoms with Gasteiger partial charge in [0.05, 0.1) is 0 Å². The molecule has 1 N–H and O–H groups in total. The Kier molecular flexibility index (Phi) is 4.76. The number of rotatable bonds is 2. The van der Waals surface area contributed by atoms with E-state index in [1.807, 2.05) is 17.0 Å². The fourth-order valence-electron chi connectivity index (χ4n) is 2.80. The summed E-state index contributed by atoms with van der Waals surface area (Å²) in [5, 5.41) is 2.92. The Bertz CT molecular complexity index is 701. The van der Waals surface area contributed by atoms with Crippen LogP contribution in [0.3, 0.4) is 0 Å². The number of benzene rings is 2. The van der Waals surface area contributed by atoms with Crippen LogP contribution in [0.2, 0.25) is 0 Å². The van der Waals surface area contributed by atoms with Crippen LogP contribution in [-0.4, -0.2) is 34.5 Å². The third kappa shape index (κ3) is 3.79. The smallest absolute Gasteiger partial charge is 0.321 e. The van der Waals surface area contributed by atoms with E-state index in [4.69, 9.17) is 0 Å². The van der Waals surface area contributed by atoms with Crippen molar-refractivity contribution < 1.29 is 9.00 Å². The molecule has 23 heavy (non-hydrogen) atoms. The van der Waals surface area contributed by atoms with Gasteiger partial charge < -0.3 is 10.2 Å². The van der Waals surface area contributed by atoms with E-state index in [0.29, 0.717) is 0 Å². The Hall–Kier alpha value is -2.14. The molecule has 0 saturated carbocycles. The van der Waals surface area contributed by atoms with Gasteiger partial charge >= 0.3 is 6.03 Å². The highest BCUT2D eigenvalue weighted by Gasteiger charge is 2.18. The highest BCUT2D eigenvalue weighted by atomic mass is 32.2. The van der Waals surface area contributed by atoms with Crippen molar-refractivity contribution in [2.75, 3.05) is 24.7 Å². The maximum Gasteiger partial charge on any atom is 0.321 e. The van der Waals surface area contributed by atoms with Crippen LogP contribution in [0, 0.1) is 0 Å². The van der Waals surface area contributed by atoms with Crippen molar-refractivity contribution in [1.29, 1.82) is 0 Å². The second-order valence-corrected chi connectivity index (χ2v) is 7.04. The fourth-order valence-corrected chi connectivity index (χ4v) is 3.32. The third-order valence-electron chi connectivity index (χ3n) is 4.15. The largest absolute Gasteiger partial charge is 0.324 e. The molecular weight excluding hydrogens is 308 g/mol. The highest BCUT2D eigenvalue weighted by molar-refractivity contribution is 7.84. The maximum absolute atomic E-state index is 12.4. The molecule has 120 valence electrons. The molecule has 0 aliphatic carbocycles. The van der Waals surface area contributed by atoms with Gasteiger partial charge in [-0.05, 0) is 48.2 Å². The third-order valence-corrected chi connectivity index (χ3v) is 5.08. The summed E-state index contributed by atoms with van der Waals surface area (Å²) < 4.78 is 11.4. The van der Waals surface area contributed by atoms with E-state index in [9.17, 15) is 9.00 Å². The molecule has 0 aromatic heterocycles. The lowest BCUT2D eigenvalue weighted by atomic mass is 10.0. The minimum Gasteiger partial charge on any atom is -0.324 e. The molecule has 2 amide bonds. The van der Waals surface area contributed by atoms with Gasteiger partial charge in [-0.1, -0.05) is 24.3 Å². The molecule has 1 aliphatic rings. The molecule has 4 nitrogen and oxygen atoms in total. The molecule has 1 aliphatic heterocycles. The van der Waals surface area contributed by atoms with Crippen molar-refractivity contribution in [2.45, 2.75) is 17.7 Å². The van der Waals surface area contributed by atoms with Crippen molar-refractivity contribution in [2.24, 2.45) is 0 Å². The van der Waals surface area contributed by atoms with Gasteiger partial charge in [-0.25, -0.2) is 4.79 Å². The summed E-state index contributed by atoms with van der Waals surface area (Å²) in [4.78, 5) is 15.1. The number of fused-ring (bicyclic) bond motifs is 1. The highest BCUT2D eigenvalue weighted by Crippen LogP contribution is 2.17. The number of hydrogen-bond donors (Lipinski definition) is 1. The molecule has 0 bridgehead atoms. The van der Waals surface area contributed by atoms with E-state index in [0.717, 1.165) is 36.5 Å². The SMILES string of the molecule is CS(=O)c1ccc(NC(=O)N2CCc3ccccc3CC2)cc1. The molecule has 1 atom stereocenters. The maximum atomic E-state index is 12.4. The summed E-state index contributed by atoms with van der Waals surface area (Å²) in [5.41, 5.74) is 3.39. The molecule has 2 aromatic rings. The lowest BCUT2D eigenvalue weighted by Gasteiger charge is -2.20. The summed E-state index contributed by atoms with van der Waals surface area (Å²) in [5.74, 6) is 0. The lowest BCUT2D eigenvalue weighted by molar-refractivity contribution is 0.214. The van der Waals surface area contributed by atoms with E-state index in [1.54, 1.807) is 30.5 Å². The van der Waals surface area contributed by atoms with E-state index in [1.165, 1.54) is 11.1 Å². The van der Waals surface area contributed by atoms with Gasteiger partial charge in [0.1, 0.15) is 0 Å². The van der Waals surface area contributed by atoms with E-state index in [2.05, 4.69) is 17.4 Å². The molecule has 1 heterocycles. The molecule has 0 radical (unpaired) electrons. The monoisotopic (exact) mass is 328 g/mol. The lowest BCUT2D eigenvalue weighted by Crippen LogP contribution is -2.36. The van der Waals surface area contributed by atoms with Gasteiger partial charge in [0.25, 0.3) is 0 Å². The number of carbonyl (C=O) groups excluding carboxylic acids is 1. The Morgan fingerprint density at radius 1 is 1.00 bits per heavy atom. The van der Waals surface area contributed by atoms with Gasteiger partial charge in [-0.15, -0.1) is 0 Å². The van der Waals surface area contributed by atoms with Gasteiger partial charge in [-0.2, -0.15) is 0 Å². The zero-order valence-corrected chi connectivity index (χ0v) is 13.9. The number of anilines is 1. The number of carbonyl (C=O) groups is 1. The van der Waals surface area contributed by atoms with Crippen LogP contribution in [0.5, 0.6) is 0 Å². The van der Waals surface area contributed by atoms with Crippen LogP contribution in [0.15, 0.2) is 53.4 Å². The van der Waals surface area contributed by atoms with Crippen LogP contribution < -0.4 is 5.32 Å². The first-order valence-corrected chi connectivity index (χ1v) is 9.25. The van der Waals surface area contributed by atoms with E-state index < -0.39 is 10.8 Å². The Morgan fingerprint density at radius 3 is 2.09 bits per heavy atom. The Balaban J connectivity index is 1.64. The summed E-state index contributed by atoms with van der Waals surface area (Å²) in [7, 11) is -1.00. The van der Waals surface area contributed by atoms with E-state index >= 15 is 0 Å². The molecule has 2 aromatic carbocycles. The van der Waals surface area contributed by atoms with Crippen molar-refractivity contribution in [3.63, 3.8) is 0 Å². The second-order valence-electron chi connectivity index (χ2n) is 5.66. The van der Waals surface area contributed by atoms with Gasteiger partial charge in [0.2, 0.25) is 0 Å². The summed E-state index contributed by atoms with van der Waals surface area (Å²) in [6, 6.07) is 15.4. The average Bonchev–Trinajstić information content (AvgIpc) is 2.78. The average molecular weight is 328 g/mol. The number of nitrogens with one attached hydrogen (secondary N) is 1. The quantitative estimate of drug-likeness (QED) is 0.921. The standard InChI is InChI=1S/C18H20N2O2S/c1-23(22)17-8-6-16(7-9-17)19-18(21)20-12-10-14-4-2-3-5-15(14)11-13-20/h2-9H,10-13H2,1H3,(H,19,21). The molecule has 0 saturated heterocycles. The zero-order chi connectivity index (χ0) is 16.2. The first-order chi connectivity index (χ1) is 11.1. The summed E-state index contributed by atoms with van der Waals surface area (Å²) >= 11 is 0. The van der Waals surface area contributed by atoms with Crippen molar-refractivity contribution in [1.82, 2.24) is 4.90 Å². The molecule has 1 unspecified atom stereocenters. The zero-order valence-electron chi connectivity index (χ0n) is 13.1. The Morgan fingerprint density at radius 2 is 1.57 bits per heavy atom. The second kappa shape index (κ2) is 6.96. The fraction of sp³-hybridized carbons (Fsp3) is 0.278. The number of urea groups is 1. The van der Waals surface area contributed by atoms with Gasteiger partial charge in [-0.3, -0.25) is 4.21 Å². The van der Waals surface area contributed by atoms with Gasteiger partial charge in [0, 0.05) is 40.7 Å². The Labute approximate surface area is 139 Å². The van der Waals surface area contributed by atoms with Crippen LogP contribution in [0.1, 0.15) is 11.1 Å². The first-order valence-electron chi connectivity index (χ1n) is 7.70. The predicted molar refractivity (Wildman–Crippen MR) is 93.2 cm³/mol. The van der Waals surface area contributed by atoms with Crippen molar-refractivity contribution in [3.05, 3.63) is 59.7 Å². The topological polar surface area (TPSA) is 49.4 Å². The van der Waals surface area contributed by atoms with Crippen LogP contribution in [0.25, 0.3) is 0 Å². The molecule has 3 rings (SSSR count). The van der Waals surface area contributed by atoms with Crippen molar-refractivity contribution in [3.8, 4) is 0 Å². The van der Waals surface area contributed by atoms with E-state index in [-0.39, 0.29) is 6.03 Å². The minimum absolute atomic E-state index is 0.0804. The van der Waals surface area contributed by atoms with Gasteiger partial charge in [0.15, 0.2) is 0 Å². The minimum atomic E-state index is -1.00. The van der Waals surface area contributed by atoms with Crippen LogP contribution in [-0.2, 0) is 23.6 Å². The number of nitrogens with zero attached hydrogens (tertiary/aromatic N) is 1. The summed E-state index contributed by atoms with van der Waals surface area (Å²) in [6.07, 6.45) is 3.41. The first kappa shape index (κ1) is 15.7. The normalized spacial score (nSPS) is 15.4. The summed E-state index contributed by atoms with van der Waals surface area (Å²) in [6.45, 7) is 1.44. The molecular formula is C18H20N2O2S. The van der Waals surface area contributed by atoms with Crippen LogP contribution >= 0.6 is 0 Å².